The minimum atomic E-state index is -4.71. The lowest BCUT2D eigenvalue weighted by molar-refractivity contribution is -0.914. The van der Waals surface area contributed by atoms with Gasteiger partial charge in [0.25, 0.3) is 11.8 Å². The molecule has 70 heavy (non-hydrogen) atoms. The van der Waals surface area contributed by atoms with Crippen LogP contribution >= 0.6 is 17.0 Å². The molecule has 0 aromatic heterocycles. The average Bonchev–Trinajstić information content (AvgIpc) is 3.82. The van der Waals surface area contributed by atoms with Crippen LogP contribution in [0.2, 0.25) is 0 Å². The molecule has 364 valence electrons. The monoisotopic (exact) mass is 1030 g/mol. The minimum absolute atomic E-state index is 0. The smallest absolute Gasteiger partial charge is 0.416 e. The van der Waals surface area contributed by atoms with Gasteiger partial charge in [-0.25, -0.2) is 9.59 Å². The highest BCUT2D eigenvalue weighted by atomic mass is 79.9. The van der Waals surface area contributed by atoms with Gasteiger partial charge in [-0.2, -0.15) is 36.9 Å². The van der Waals surface area contributed by atoms with Crippen LogP contribution in [0.25, 0.3) is 0 Å². The summed E-state index contributed by atoms with van der Waals surface area (Å²) in [7, 11) is 1.86. The molecule has 14 nitrogen and oxygen atoms in total. The maximum Gasteiger partial charge on any atom is 0.416 e. The lowest BCUT2D eigenvalue weighted by atomic mass is 9.94. The Morgan fingerprint density at radius 1 is 0.629 bits per heavy atom. The zero-order valence-corrected chi connectivity index (χ0v) is 39.0. The SMILES string of the molecule is Br.C[N+](CC[O-])(CCCN1CC2=C(C1=O)[C@@H](c1ccc(C#N)cc1)NC(=O)N2c1cccc(C(F)(F)F)c1)CCCN1CC2=C(C1=O)[C@@H](c1ccc(C#N)cc1)NC(=O)N2c1cccc(C(F)(F)F)c1. The molecule has 2 N–H and O–H groups in total. The van der Waals surface area contributed by atoms with Gasteiger partial charge in [-0.3, -0.25) is 19.4 Å². The van der Waals surface area contributed by atoms with Crippen molar-refractivity contribution in [2.45, 2.75) is 37.3 Å². The van der Waals surface area contributed by atoms with E-state index in [1.54, 1.807) is 24.3 Å². The number of carbonyl (C=O) groups is 4. The Morgan fingerprint density at radius 3 is 1.36 bits per heavy atom. The number of benzene rings is 4. The van der Waals surface area contributed by atoms with Gasteiger partial charge in [-0.1, -0.05) is 43.0 Å². The second-order valence-corrected chi connectivity index (χ2v) is 17.4. The summed E-state index contributed by atoms with van der Waals surface area (Å²) in [4.78, 5) is 61.3. The Bertz CT molecular complexity index is 2670. The van der Waals surface area contributed by atoms with E-state index in [2.05, 4.69) is 10.6 Å². The van der Waals surface area contributed by atoms with E-state index >= 15 is 0 Å². The number of likely N-dealkylation sites (N-methyl/N-ethyl adjacent to an activating group) is 1. The largest absolute Gasteiger partial charge is 0.850 e. The van der Waals surface area contributed by atoms with Crippen molar-refractivity contribution in [1.29, 1.82) is 10.5 Å². The van der Waals surface area contributed by atoms with E-state index in [0.717, 1.165) is 34.1 Å². The predicted octanol–water partition coefficient (Wildman–Crippen LogP) is 7.07. The number of quaternary nitrogens is 1. The fourth-order valence-electron chi connectivity index (χ4n) is 9.38. The molecule has 0 fully saturated rings. The first kappa shape index (κ1) is 50.7. The highest BCUT2D eigenvalue weighted by molar-refractivity contribution is 8.93. The molecule has 2 atom stereocenters. The highest BCUT2D eigenvalue weighted by Gasteiger charge is 2.47. The zero-order chi connectivity index (χ0) is 49.4. The molecule has 4 aromatic carbocycles. The summed E-state index contributed by atoms with van der Waals surface area (Å²) >= 11 is 0. The fourth-order valence-corrected chi connectivity index (χ4v) is 9.38. The number of hydrogen-bond donors (Lipinski definition) is 2. The van der Waals surface area contributed by atoms with Gasteiger partial charge in [0.15, 0.2) is 0 Å². The summed E-state index contributed by atoms with van der Waals surface area (Å²) in [5.74, 6) is -0.908. The predicted molar refractivity (Wildman–Crippen MR) is 245 cm³/mol. The molecule has 4 heterocycles. The molecular formula is C49H44BrF6N9O5. The molecule has 4 aliphatic rings. The number of alkyl halides is 6. The number of nitrogens with zero attached hydrogens (tertiary/aromatic N) is 7. The van der Waals surface area contributed by atoms with Crippen LogP contribution in [0.3, 0.4) is 0 Å². The zero-order valence-electron chi connectivity index (χ0n) is 37.3. The summed E-state index contributed by atoms with van der Waals surface area (Å²) in [6.45, 7) is 0.569. The third-order valence-corrected chi connectivity index (χ3v) is 12.9. The molecule has 6 amide bonds. The summed E-state index contributed by atoms with van der Waals surface area (Å²) in [5, 5.41) is 36.4. The van der Waals surface area contributed by atoms with Gasteiger partial charge in [-0.05, 0) is 71.8 Å². The second-order valence-electron chi connectivity index (χ2n) is 17.4. The standard InChI is InChI=1S/C49H43F6N9O5.BrH/c1-64(22-23-65,20-4-18-60-28-38-40(44(60)66)42(32-14-10-30(26-56)11-15-32)58-46(68)62(38)36-8-2-6-34(24-36)48(50,51)52)21-5-19-61-29-39-41(45(61)67)43(33-16-12-31(27-57)13-17-33)59-47(69)63(39)37-9-3-7-35(25-37)49(53,54)55;/h2-3,6-17,24-25,42-43H,4-5,18-23,28-29H2,1H3,(H,58,68)(H,59,69);1H/t42-,43-;/m1./s1. The first-order chi connectivity index (χ1) is 32.8. The first-order valence-corrected chi connectivity index (χ1v) is 21.9. The molecule has 0 saturated heterocycles. The van der Waals surface area contributed by atoms with E-state index < -0.39 is 66.0 Å². The number of halogens is 7. The molecule has 8 rings (SSSR count). The number of nitriles is 2. The lowest BCUT2D eigenvalue weighted by Gasteiger charge is -2.37. The van der Waals surface area contributed by atoms with Gasteiger partial charge in [-0.15, -0.1) is 17.0 Å². The molecule has 4 aromatic rings. The van der Waals surface area contributed by atoms with Crippen LogP contribution in [0.4, 0.5) is 47.3 Å². The van der Waals surface area contributed by atoms with E-state index in [-0.39, 0.29) is 88.1 Å². The number of hydrogen-bond acceptors (Lipinski definition) is 7. The van der Waals surface area contributed by atoms with Gasteiger partial charge in [0.2, 0.25) is 0 Å². The average molecular weight is 1030 g/mol. The van der Waals surface area contributed by atoms with Crippen molar-refractivity contribution < 1.29 is 55.1 Å². The van der Waals surface area contributed by atoms with E-state index in [1.807, 2.05) is 19.2 Å². The van der Waals surface area contributed by atoms with Crippen molar-refractivity contribution in [1.82, 2.24) is 20.4 Å². The topological polar surface area (TPSA) is 176 Å². The van der Waals surface area contributed by atoms with Crippen molar-refractivity contribution in [2.24, 2.45) is 0 Å². The van der Waals surface area contributed by atoms with Crippen LogP contribution in [0, 0.1) is 22.7 Å². The Hall–Kier alpha value is -7.20. The van der Waals surface area contributed by atoms with Crippen LogP contribution < -0.4 is 25.5 Å². The quantitative estimate of drug-likeness (QED) is 0.100. The summed E-state index contributed by atoms with van der Waals surface area (Å²) in [6, 6.07) is 21.5. The number of urea groups is 2. The molecule has 21 heteroatoms. The van der Waals surface area contributed by atoms with Crippen LogP contribution in [0.15, 0.2) is 120 Å². The van der Waals surface area contributed by atoms with Crippen molar-refractivity contribution in [3.8, 4) is 12.1 Å². The van der Waals surface area contributed by atoms with Crippen LogP contribution in [0.5, 0.6) is 0 Å². The Kier molecular flexibility index (Phi) is 14.5. The van der Waals surface area contributed by atoms with Crippen molar-refractivity contribution in [3.63, 3.8) is 0 Å². The van der Waals surface area contributed by atoms with Crippen molar-refractivity contribution in [3.05, 3.63) is 153 Å². The molecule has 0 unspecified atom stereocenters. The number of nitrogens with one attached hydrogen (secondary N) is 2. The van der Waals surface area contributed by atoms with Gasteiger partial charge in [0, 0.05) is 25.9 Å². The van der Waals surface area contributed by atoms with Crippen LogP contribution in [0.1, 0.15) is 58.3 Å². The fraction of sp³-hybridized carbons (Fsp3) is 0.306. The van der Waals surface area contributed by atoms with E-state index in [9.17, 15) is 61.2 Å². The van der Waals surface area contributed by atoms with Crippen LogP contribution in [-0.4, -0.2) is 97.6 Å². The van der Waals surface area contributed by atoms with Gasteiger partial charge in [0.05, 0.1) is 120 Å². The second kappa shape index (κ2) is 20.0. The van der Waals surface area contributed by atoms with Crippen molar-refractivity contribution >= 4 is 52.2 Å². The highest BCUT2D eigenvalue weighted by Crippen LogP contribution is 2.42. The summed E-state index contributed by atoms with van der Waals surface area (Å²) in [5.41, 5.74) is 0.205. The Labute approximate surface area is 408 Å². The Balaban J connectivity index is 0.00000722. The van der Waals surface area contributed by atoms with E-state index in [1.165, 1.54) is 58.3 Å². The molecule has 4 aliphatic heterocycles. The lowest BCUT2D eigenvalue weighted by Crippen LogP contribution is -2.50. The maximum absolute atomic E-state index is 14.3. The minimum Gasteiger partial charge on any atom is -0.850 e. The van der Waals surface area contributed by atoms with Crippen LogP contribution in [-0.2, 0) is 21.9 Å². The number of carbonyl (C=O) groups excluding carboxylic acids is 4. The molecule has 0 bridgehead atoms. The van der Waals surface area contributed by atoms with Gasteiger partial charge >= 0.3 is 24.4 Å². The summed E-state index contributed by atoms with van der Waals surface area (Å²) in [6.07, 6.45) is -8.69. The molecule has 0 spiro atoms. The van der Waals surface area contributed by atoms with Gasteiger partial charge < -0.3 is 30.0 Å². The maximum atomic E-state index is 14.3. The normalized spacial score (nSPS) is 18.3. The van der Waals surface area contributed by atoms with E-state index in [4.69, 9.17) is 0 Å². The molecule has 0 radical (unpaired) electrons. The molecular weight excluding hydrogens is 988 g/mol. The summed E-state index contributed by atoms with van der Waals surface area (Å²) < 4.78 is 83.1. The van der Waals surface area contributed by atoms with Gasteiger partial charge in [0.1, 0.15) is 0 Å². The number of rotatable bonds is 14. The number of anilines is 2. The number of amides is 6. The molecule has 0 aliphatic carbocycles. The Morgan fingerprint density at radius 2 is 1.01 bits per heavy atom. The molecule has 0 saturated carbocycles. The third-order valence-electron chi connectivity index (χ3n) is 12.9. The third kappa shape index (κ3) is 10.1. The van der Waals surface area contributed by atoms with E-state index in [0.29, 0.717) is 48.2 Å². The first-order valence-electron chi connectivity index (χ1n) is 21.9. The van der Waals surface area contributed by atoms with Crippen molar-refractivity contribution in [2.75, 3.05) is 69.3 Å².